The highest BCUT2D eigenvalue weighted by Gasteiger charge is 2.43. The second-order valence-corrected chi connectivity index (χ2v) is 3.38. The number of carbonyl (C=O) groups is 1. The number of halogens is 3. The molecule has 1 unspecified atom stereocenters. The van der Waals surface area contributed by atoms with Crippen molar-refractivity contribution >= 4 is 17.6 Å². The van der Waals surface area contributed by atoms with Crippen LogP contribution >= 0.6 is 11.6 Å². The van der Waals surface area contributed by atoms with Crippen molar-refractivity contribution in [2.24, 2.45) is 5.73 Å². The Morgan fingerprint density at radius 3 is 2.27 bits per heavy atom. The maximum Gasteiger partial charge on any atom is 0.327 e. The molecule has 1 aromatic rings. The van der Waals surface area contributed by atoms with Gasteiger partial charge in [-0.15, -0.1) is 0 Å². The Labute approximate surface area is 89.5 Å². The molecule has 1 aromatic carbocycles. The first kappa shape index (κ1) is 11.9. The van der Waals surface area contributed by atoms with E-state index in [0.717, 1.165) is 12.1 Å². The molecular weight excluding hydrogens is 228 g/mol. The molecule has 0 aromatic heterocycles. The van der Waals surface area contributed by atoms with Crippen LogP contribution in [-0.2, 0) is 10.7 Å². The van der Waals surface area contributed by atoms with Crippen LogP contribution in [0.15, 0.2) is 24.3 Å². The quantitative estimate of drug-likeness (QED) is 0.840. The van der Waals surface area contributed by atoms with Crippen molar-refractivity contribution in [3.63, 3.8) is 0 Å². The monoisotopic (exact) mass is 235 g/mol. The maximum absolute atomic E-state index is 13.4. The molecule has 15 heavy (non-hydrogen) atoms. The lowest BCUT2D eigenvalue weighted by Gasteiger charge is -2.20. The van der Waals surface area contributed by atoms with E-state index in [-0.39, 0.29) is 0 Å². The summed E-state index contributed by atoms with van der Waals surface area (Å²) in [4.78, 5) is 10.4. The fourth-order valence-corrected chi connectivity index (χ4v) is 1.13. The topological polar surface area (TPSA) is 63.3 Å². The predicted octanol–water partition coefficient (Wildman–Crippen LogP) is 1.84. The smallest absolute Gasteiger partial charge is 0.327 e. The van der Waals surface area contributed by atoms with Gasteiger partial charge in [-0.1, -0.05) is 23.7 Å². The van der Waals surface area contributed by atoms with Crippen LogP contribution in [-0.4, -0.2) is 17.1 Å². The SMILES string of the molecule is NC(C(=O)O)C(F)(F)c1ccc(Cl)cc1. The number of nitrogens with two attached hydrogens (primary N) is 1. The molecule has 3 nitrogen and oxygen atoms in total. The number of carboxylic acid groups (broad SMARTS) is 1. The minimum Gasteiger partial charge on any atom is -0.480 e. The summed E-state index contributed by atoms with van der Waals surface area (Å²) in [6.07, 6.45) is 0. The molecular formula is C9H8ClF2NO2. The van der Waals surface area contributed by atoms with Crippen LogP contribution < -0.4 is 5.73 Å². The number of aliphatic carboxylic acids is 1. The highest BCUT2D eigenvalue weighted by Crippen LogP contribution is 2.31. The van der Waals surface area contributed by atoms with E-state index in [4.69, 9.17) is 22.4 Å². The van der Waals surface area contributed by atoms with Gasteiger partial charge >= 0.3 is 5.97 Å². The molecule has 1 rings (SSSR count). The van der Waals surface area contributed by atoms with E-state index < -0.39 is 23.5 Å². The summed E-state index contributed by atoms with van der Waals surface area (Å²) in [7, 11) is 0. The maximum atomic E-state index is 13.4. The molecule has 0 fully saturated rings. The molecule has 0 saturated carbocycles. The van der Waals surface area contributed by atoms with E-state index in [1.165, 1.54) is 12.1 Å². The first-order valence-electron chi connectivity index (χ1n) is 3.98. The molecule has 82 valence electrons. The average Bonchev–Trinajstić information content (AvgIpc) is 2.17. The van der Waals surface area contributed by atoms with Crippen LogP contribution in [0, 0.1) is 0 Å². The fraction of sp³-hybridized carbons (Fsp3) is 0.222. The van der Waals surface area contributed by atoms with Crippen molar-refractivity contribution in [3.05, 3.63) is 34.9 Å². The molecule has 6 heteroatoms. The third-order valence-corrected chi connectivity index (χ3v) is 2.14. The Morgan fingerprint density at radius 1 is 1.40 bits per heavy atom. The Morgan fingerprint density at radius 2 is 1.87 bits per heavy atom. The molecule has 0 aliphatic carbocycles. The second kappa shape index (κ2) is 4.12. The van der Waals surface area contributed by atoms with Gasteiger partial charge in [-0.25, -0.2) is 0 Å². The molecule has 0 bridgehead atoms. The third-order valence-electron chi connectivity index (χ3n) is 1.89. The van der Waals surface area contributed by atoms with Crippen molar-refractivity contribution in [3.8, 4) is 0 Å². The van der Waals surface area contributed by atoms with Gasteiger partial charge in [0.1, 0.15) is 0 Å². The highest BCUT2D eigenvalue weighted by molar-refractivity contribution is 6.30. The number of rotatable bonds is 3. The van der Waals surface area contributed by atoms with Crippen LogP contribution in [0.1, 0.15) is 5.56 Å². The van der Waals surface area contributed by atoms with E-state index in [0.29, 0.717) is 5.02 Å². The Kier molecular flexibility index (Phi) is 3.26. The molecule has 0 amide bonds. The number of hydrogen-bond acceptors (Lipinski definition) is 2. The molecule has 0 heterocycles. The molecule has 1 atom stereocenters. The summed E-state index contributed by atoms with van der Waals surface area (Å²) in [6, 6.07) is 2.33. The Hall–Kier alpha value is -1.20. The van der Waals surface area contributed by atoms with Crippen molar-refractivity contribution < 1.29 is 18.7 Å². The highest BCUT2D eigenvalue weighted by atomic mass is 35.5. The van der Waals surface area contributed by atoms with E-state index in [2.05, 4.69) is 0 Å². The molecule has 0 saturated heterocycles. The molecule has 0 radical (unpaired) electrons. The molecule has 3 N–H and O–H groups in total. The summed E-state index contributed by atoms with van der Waals surface area (Å²) in [5.41, 5.74) is 4.41. The largest absolute Gasteiger partial charge is 0.480 e. The van der Waals surface area contributed by atoms with Gasteiger partial charge in [0.05, 0.1) is 0 Å². The summed E-state index contributed by atoms with van der Waals surface area (Å²) in [5, 5.41) is 8.69. The number of carboxylic acids is 1. The normalized spacial score (nSPS) is 13.6. The predicted molar refractivity (Wildman–Crippen MR) is 51.0 cm³/mol. The van der Waals surface area contributed by atoms with Gasteiger partial charge in [0.25, 0.3) is 5.92 Å². The van der Waals surface area contributed by atoms with E-state index in [1.807, 2.05) is 0 Å². The summed E-state index contributed by atoms with van der Waals surface area (Å²) >= 11 is 5.51. The standard InChI is InChI=1S/C9H8ClF2NO2/c10-6-3-1-5(2-4-6)9(11,12)7(13)8(14)15/h1-4,7H,13H2,(H,14,15). The van der Waals surface area contributed by atoms with E-state index in [9.17, 15) is 13.6 Å². The summed E-state index contributed by atoms with van der Waals surface area (Å²) in [6.45, 7) is 0. The van der Waals surface area contributed by atoms with E-state index >= 15 is 0 Å². The molecule has 0 aliphatic heterocycles. The van der Waals surface area contributed by atoms with Gasteiger partial charge in [-0.3, -0.25) is 4.79 Å². The van der Waals surface area contributed by atoms with Crippen molar-refractivity contribution in [1.82, 2.24) is 0 Å². The lowest BCUT2D eigenvalue weighted by Crippen LogP contribution is -2.45. The minimum absolute atomic E-state index is 0.290. The summed E-state index contributed by atoms with van der Waals surface area (Å²) in [5.74, 6) is -5.37. The molecule has 0 spiro atoms. The lowest BCUT2D eigenvalue weighted by atomic mass is 10.0. The number of alkyl halides is 2. The van der Waals surface area contributed by atoms with Gasteiger partial charge in [-0.05, 0) is 12.1 Å². The van der Waals surface area contributed by atoms with Gasteiger partial charge in [0.15, 0.2) is 6.04 Å². The van der Waals surface area contributed by atoms with Crippen LogP contribution in [0.4, 0.5) is 8.78 Å². The van der Waals surface area contributed by atoms with Gasteiger partial charge in [0.2, 0.25) is 0 Å². The Bertz CT molecular complexity index is 367. The van der Waals surface area contributed by atoms with Crippen LogP contribution in [0.2, 0.25) is 5.02 Å². The average molecular weight is 236 g/mol. The zero-order chi connectivity index (χ0) is 11.6. The van der Waals surface area contributed by atoms with E-state index in [1.54, 1.807) is 0 Å². The van der Waals surface area contributed by atoms with Crippen molar-refractivity contribution in [2.75, 3.05) is 0 Å². The van der Waals surface area contributed by atoms with Crippen molar-refractivity contribution in [2.45, 2.75) is 12.0 Å². The van der Waals surface area contributed by atoms with Crippen LogP contribution in [0.3, 0.4) is 0 Å². The number of benzene rings is 1. The fourth-order valence-electron chi connectivity index (χ4n) is 1.01. The lowest BCUT2D eigenvalue weighted by molar-refractivity contribution is -0.149. The number of hydrogen-bond donors (Lipinski definition) is 2. The zero-order valence-corrected chi connectivity index (χ0v) is 8.21. The van der Waals surface area contributed by atoms with Crippen molar-refractivity contribution in [1.29, 1.82) is 0 Å². The van der Waals surface area contributed by atoms with Crippen LogP contribution in [0.5, 0.6) is 0 Å². The van der Waals surface area contributed by atoms with Gasteiger partial charge in [-0.2, -0.15) is 8.78 Å². The first-order valence-corrected chi connectivity index (χ1v) is 4.35. The van der Waals surface area contributed by atoms with Gasteiger partial charge in [0, 0.05) is 10.6 Å². The molecule has 0 aliphatic rings. The third kappa shape index (κ3) is 2.43. The summed E-state index contributed by atoms with van der Waals surface area (Å²) < 4.78 is 26.8. The Balaban J connectivity index is 3.05. The zero-order valence-electron chi connectivity index (χ0n) is 7.45. The van der Waals surface area contributed by atoms with Crippen LogP contribution in [0.25, 0.3) is 0 Å². The first-order chi connectivity index (χ1) is 6.85. The second-order valence-electron chi connectivity index (χ2n) is 2.95. The minimum atomic E-state index is -3.61. The van der Waals surface area contributed by atoms with Gasteiger partial charge < -0.3 is 10.8 Å².